The highest BCUT2D eigenvalue weighted by Gasteiger charge is 2.49. The van der Waals surface area contributed by atoms with Gasteiger partial charge in [-0.15, -0.1) is 0 Å². The van der Waals surface area contributed by atoms with Crippen molar-refractivity contribution in [2.75, 3.05) is 31.6 Å². The maximum Gasteiger partial charge on any atom is 0.344 e. The van der Waals surface area contributed by atoms with E-state index >= 15 is 0 Å². The normalized spacial score (nSPS) is 15.0. The van der Waals surface area contributed by atoms with E-state index in [0.29, 0.717) is 40.2 Å². The van der Waals surface area contributed by atoms with Crippen molar-refractivity contribution in [2.45, 2.75) is 115 Å². The number of carbonyl (C=O) groups excluding carboxylic acids is 4. The molecule has 9 rings (SSSR count). The molecule has 3 atom stereocenters. The predicted molar refractivity (Wildman–Crippen MR) is 331 cm³/mol. The lowest BCUT2D eigenvalue weighted by atomic mass is 9.73. The first kappa shape index (κ1) is 64.8. The fraction of sp³-hybridized carbons (Fsp3) is 0.329. The van der Waals surface area contributed by atoms with Gasteiger partial charge in [0.05, 0.1) is 36.4 Å². The Morgan fingerprint density at radius 3 is 1.81 bits per heavy atom. The monoisotopic (exact) mass is 1170 g/mol. The average Bonchev–Trinajstić information content (AvgIpc) is 1.69. The highest BCUT2D eigenvalue weighted by atomic mass is 19.1. The van der Waals surface area contributed by atoms with Crippen molar-refractivity contribution >= 4 is 35.5 Å². The number of amides is 4. The third kappa shape index (κ3) is 16.4. The molecule has 2 heterocycles. The van der Waals surface area contributed by atoms with Gasteiger partial charge in [0.25, 0.3) is 11.8 Å². The lowest BCUT2D eigenvalue weighted by Gasteiger charge is -2.36. The number of carboxylic acid groups (broad SMARTS) is 1. The van der Waals surface area contributed by atoms with Gasteiger partial charge in [0.2, 0.25) is 0 Å². The third-order valence-electron chi connectivity index (χ3n) is 15.5. The van der Waals surface area contributed by atoms with E-state index in [2.05, 4.69) is 46.5 Å². The van der Waals surface area contributed by atoms with Crippen LogP contribution in [0.15, 0.2) is 176 Å². The summed E-state index contributed by atoms with van der Waals surface area (Å²) in [6, 6.07) is 51.9. The number of esters is 1. The Morgan fingerprint density at radius 2 is 1.29 bits per heavy atom. The number of imide groups is 1. The minimum Gasteiger partial charge on any atom is -0.481 e. The van der Waals surface area contributed by atoms with Gasteiger partial charge in [0, 0.05) is 29.4 Å². The summed E-state index contributed by atoms with van der Waals surface area (Å²) >= 11 is 0. The fourth-order valence-electron chi connectivity index (χ4n) is 11.2. The van der Waals surface area contributed by atoms with Crippen molar-refractivity contribution in [2.24, 2.45) is 5.92 Å². The minimum atomic E-state index is -1.58. The van der Waals surface area contributed by atoms with Crippen molar-refractivity contribution in [1.82, 2.24) is 20.1 Å². The Morgan fingerprint density at radius 1 is 0.744 bits per heavy atom. The van der Waals surface area contributed by atoms with Gasteiger partial charge in [-0.2, -0.15) is 0 Å². The number of anilines is 1. The lowest BCUT2D eigenvalue weighted by molar-refractivity contribution is -0.174. The van der Waals surface area contributed by atoms with E-state index in [1.807, 2.05) is 170 Å². The molecule has 450 valence electrons. The van der Waals surface area contributed by atoms with E-state index in [1.54, 1.807) is 12.1 Å². The van der Waals surface area contributed by atoms with Crippen molar-refractivity contribution < 1.29 is 53.5 Å². The Bertz CT molecular complexity index is 3340. The van der Waals surface area contributed by atoms with Crippen molar-refractivity contribution in [3.8, 4) is 34.2 Å². The number of rotatable bonds is 21. The number of aliphatic hydroxyl groups excluding tert-OH is 2. The van der Waals surface area contributed by atoms with E-state index in [-0.39, 0.29) is 55.5 Å². The molecule has 7 N–H and O–H groups in total. The molecule has 1 saturated heterocycles. The standard InChI is InChI=1S/C33H35FN2O5.C22H31NO3.C15H12N2O2/c1-21(2)31-30(33(41)35-25-11-7-4-8-12-25)29(22-9-5-3-6-10-22)32(23-13-15-24(34)16-14-23)36(31)18-17-26(37)19-27(38)20-28(39)40;1-3-23(4-2)17-11-12-18-26-21(24)22(25,19-13-7-5-8-14-19)20-15-9-6-10-16-20;18-13-15(17-14(19)16-13,11-7-3-1-4-8-11)12-9-5-2-6-10-12/h3-16,21,26-27,37-38H,17-20H2,1-2H3,(H,35,41)(H,39,40);5,7-8,13-14,20,25H,3-4,6,9-10,15-18H2,1-2H3;1-10H,(H2,16,17,18,19)/t26-,27-;;/m1../s1. The SMILES string of the molecule is CC(C)c1c(C(=O)Nc2ccccc2)c(-c2ccccc2)c(-c2ccc(F)cc2)n1CC[C@@H](O)C[C@@H](O)CC(=O)O.CCN(CC)CC#CCOC(=O)C(O)(c1ccccc1)C1CCCCC1.O=C1NC(=O)C(c2ccccc2)(c2ccccc2)N1. The average molecular weight is 1170 g/mol. The molecule has 6 aromatic carbocycles. The molecular weight excluding hydrogens is 1090 g/mol. The van der Waals surface area contributed by atoms with Crippen molar-refractivity contribution in [3.63, 3.8) is 0 Å². The number of carboxylic acids is 1. The van der Waals surface area contributed by atoms with Gasteiger partial charge in [-0.25, -0.2) is 14.0 Å². The Balaban J connectivity index is 0.000000200. The summed E-state index contributed by atoms with van der Waals surface area (Å²) in [5.74, 6) is 2.96. The Kier molecular flexibility index (Phi) is 23.7. The predicted octanol–water partition coefficient (Wildman–Crippen LogP) is 11.4. The second-order valence-corrected chi connectivity index (χ2v) is 21.7. The highest BCUT2D eigenvalue weighted by molar-refractivity contribution is 6.12. The largest absolute Gasteiger partial charge is 0.481 e. The number of halogens is 1. The molecular formula is C70H78FN5O10. The van der Waals surface area contributed by atoms with E-state index in [4.69, 9.17) is 9.84 Å². The smallest absolute Gasteiger partial charge is 0.344 e. The van der Waals surface area contributed by atoms with Gasteiger partial charge in [-0.1, -0.05) is 198 Å². The molecule has 7 aromatic rings. The molecule has 16 heteroatoms. The zero-order valence-electron chi connectivity index (χ0n) is 49.3. The second kappa shape index (κ2) is 31.4. The first-order valence-corrected chi connectivity index (χ1v) is 29.4. The molecule has 15 nitrogen and oxygen atoms in total. The van der Waals surface area contributed by atoms with Gasteiger partial charge in [0.1, 0.15) is 5.82 Å². The summed E-state index contributed by atoms with van der Waals surface area (Å²) in [6.45, 7) is 11.0. The molecule has 1 saturated carbocycles. The molecule has 0 radical (unpaired) electrons. The first-order chi connectivity index (χ1) is 41.5. The highest BCUT2D eigenvalue weighted by Crippen LogP contribution is 2.44. The quantitative estimate of drug-likeness (QED) is 0.0204. The zero-order chi connectivity index (χ0) is 61.6. The number of nitrogens with zero attached hydrogens (tertiary/aromatic N) is 2. The van der Waals surface area contributed by atoms with E-state index in [1.165, 1.54) is 12.1 Å². The summed E-state index contributed by atoms with van der Waals surface area (Å²) in [6.07, 6.45) is 2.41. The van der Waals surface area contributed by atoms with Crippen LogP contribution >= 0.6 is 0 Å². The number of aromatic nitrogens is 1. The van der Waals surface area contributed by atoms with Crippen LogP contribution in [0.5, 0.6) is 0 Å². The number of carbonyl (C=O) groups is 5. The molecule has 4 amide bonds. The van der Waals surface area contributed by atoms with Crippen molar-refractivity contribution in [3.05, 3.63) is 210 Å². The van der Waals surface area contributed by atoms with Crippen LogP contribution in [0.25, 0.3) is 22.4 Å². The van der Waals surface area contributed by atoms with Crippen LogP contribution in [-0.2, 0) is 36.8 Å². The maximum absolute atomic E-state index is 14.0. The first-order valence-electron chi connectivity index (χ1n) is 29.4. The number of aliphatic hydroxyl groups is 3. The molecule has 0 spiro atoms. The number of benzene rings is 6. The molecule has 2 fully saturated rings. The molecule has 0 bridgehead atoms. The lowest BCUT2D eigenvalue weighted by Crippen LogP contribution is -2.45. The number of nitrogens with one attached hydrogen (secondary N) is 3. The summed E-state index contributed by atoms with van der Waals surface area (Å²) in [5.41, 5.74) is 4.15. The molecule has 1 aliphatic carbocycles. The maximum atomic E-state index is 14.0. The van der Waals surface area contributed by atoms with Crippen LogP contribution in [0, 0.1) is 23.6 Å². The van der Waals surface area contributed by atoms with Crippen LogP contribution < -0.4 is 16.0 Å². The van der Waals surface area contributed by atoms with Crippen LogP contribution in [0.3, 0.4) is 0 Å². The van der Waals surface area contributed by atoms with Crippen molar-refractivity contribution in [1.29, 1.82) is 0 Å². The third-order valence-corrected chi connectivity index (χ3v) is 15.5. The number of hydrogen-bond donors (Lipinski definition) is 7. The fourth-order valence-corrected chi connectivity index (χ4v) is 11.2. The number of aliphatic carboxylic acids is 1. The Labute approximate surface area is 503 Å². The van der Waals surface area contributed by atoms with Crippen LogP contribution in [0.1, 0.15) is 118 Å². The number of urea groups is 1. The van der Waals surface area contributed by atoms with E-state index in [0.717, 1.165) is 67.6 Å². The zero-order valence-corrected chi connectivity index (χ0v) is 49.3. The topological polar surface area (TPSA) is 220 Å². The number of ether oxygens (including phenoxy) is 1. The van der Waals surface area contributed by atoms with Gasteiger partial charge >= 0.3 is 18.0 Å². The number of hydrogen-bond acceptors (Lipinski definition) is 10. The van der Waals surface area contributed by atoms with Crippen LogP contribution in [-0.4, -0.2) is 98.1 Å². The summed E-state index contributed by atoms with van der Waals surface area (Å²) in [7, 11) is 0. The molecule has 1 aliphatic heterocycles. The van der Waals surface area contributed by atoms with Crippen LogP contribution in [0.4, 0.5) is 14.9 Å². The Hall–Kier alpha value is -8.72. The van der Waals surface area contributed by atoms with Gasteiger partial charge in [0.15, 0.2) is 17.7 Å². The number of para-hydroxylation sites is 1. The molecule has 1 aromatic heterocycles. The second-order valence-electron chi connectivity index (χ2n) is 21.7. The van der Waals surface area contributed by atoms with Gasteiger partial charge < -0.3 is 40.4 Å². The molecule has 1 unspecified atom stereocenters. The molecule has 86 heavy (non-hydrogen) atoms. The summed E-state index contributed by atoms with van der Waals surface area (Å²) in [5, 5.41) is 49.2. The molecule has 2 aliphatic rings. The van der Waals surface area contributed by atoms with Crippen LogP contribution in [0.2, 0.25) is 0 Å². The van der Waals surface area contributed by atoms with E-state index in [9.17, 15) is 43.7 Å². The van der Waals surface area contributed by atoms with Gasteiger partial charge in [-0.05, 0) is 109 Å². The summed E-state index contributed by atoms with van der Waals surface area (Å²) in [4.78, 5) is 63.9. The summed E-state index contributed by atoms with van der Waals surface area (Å²) < 4.78 is 21.4. The van der Waals surface area contributed by atoms with E-state index < -0.39 is 47.7 Å². The van der Waals surface area contributed by atoms with Gasteiger partial charge in [-0.3, -0.25) is 24.6 Å². The minimum absolute atomic E-state index is 0.0158.